The third kappa shape index (κ3) is 3.96. The van der Waals surface area contributed by atoms with Gasteiger partial charge >= 0.3 is 7.60 Å². The minimum absolute atomic E-state index is 0.0687. The molecule has 0 aliphatic carbocycles. The van der Waals surface area contributed by atoms with Gasteiger partial charge in [0.1, 0.15) is 5.75 Å². The van der Waals surface area contributed by atoms with E-state index in [1.165, 1.54) is 14.2 Å². The highest BCUT2D eigenvalue weighted by molar-refractivity contribution is 7.53. The van der Waals surface area contributed by atoms with Crippen molar-refractivity contribution in [2.24, 2.45) is 0 Å². The Morgan fingerprint density at radius 1 is 1.33 bits per heavy atom. The molecule has 0 radical (unpaired) electrons. The molecule has 0 amide bonds. The standard InChI is InChI=1S/C18H30NO4P/c1-6-7-10-19-17-11-15(20)8-9-16(17)14(12-18(19,2)3)13-24(21,22-4)23-5/h8-9,11,14,20H,6-7,10,12-13H2,1-5H3. The summed E-state index contributed by atoms with van der Waals surface area (Å²) in [5.41, 5.74) is 2.05. The molecule has 1 heterocycles. The predicted molar refractivity (Wildman–Crippen MR) is 98.3 cm³/mol. The van der Waals surface area contributed by atoms with Gasteiger partial charge in [0.25, 0.3) is 0 Å². The molecular formula is C18H30NO4P. The van der Waals surface area contributed by atoms with Crippen molar-refractivity contribution in [3.05, 3.63) is 23.8 Å². The molecule has 1 aliphatic heterocycles. The van der Waals surface area contributed by atoms with E-state index >= 15 is 0 Å². The normalized spacial score (nSPS) is 20.0. The Morgan fingerprint density at radius 2 is 2.00 bits per heavy atom. The van der Waals surface area contributed by atoms with Crippen molar-refractivity contribution < 1.29 is 18.7 Å². The van der Waals surface area contributed by atoms with Gasteiger partial charge in [-0.3, -0.25) is 4.57 Å². The van der Waals surface area contributed by atoms with Gasteiger partial charge in [0, 0.05) is 38.1 Å². The predicted octanol–water partition coefficient (Wildman–Crippen LogP) is 4.75. The van der Waals surface area contributed by atoms with E-state index in [0.717, 1.165) is 37.1 Å². The second-order valence-electron chi connectivity index (χ2n) is 7.12. The van der Waals surface area contributed by atoms with Crippen LogP contribution in [0.15, 0.2) is 18.2 Å². The number of benzene rings is 1. The monoisotopic (exact) mass is 355 g/mol. The maximum absolute atomic E-state index is 12.7. The number of hydrogen-bond donors (Lipinski definition) is 1. The van der Waals surface area contributed by atoms with Crippen molar-refractivity contribution in [2.75, 3.05) is 31.8 Å². The molecule has 1 atom stereocenters. The van der Waals surface area contributed by atoms with Crippen molar-refractivity contribution >= 4 is 13.3 Å². The largest absolute Gasteiger partial charge is 0.508 e. The molecule has 1 aromatic rings. The smallest absolute Gasteiger partial charge is 0.330 e. The molecule has 5 nitrogen and oxygen atoms in total. The van der Waals surface area contributed by atoms with Crippen LogP contribution in [0.3, 0.4) is 0 Å². The molecule has 136 valence electrons. The number of nitrogens with zero attached hydrogens (tertiary/aromatic N) is 1. The number of rotatable bonds is 7. The third-order valence-corrected chi connectivity index (χ3v) is 6.96. The fraction of sp³-hybridized carbons (Fsp3) is 0.667. The van der Waals surface area contributed by atoms with Crippen LogP contribution in [0.4, 0.5) is 5.69 Å². The van der Waals surface area contributed by atoms with Gasteiger partial charge in [0.2, 0.25) is 0 Å². The van der Waals surface area contributed by atoms with Crippen LogP contribution >= 0.6 is 7.60 Å². The van der Waals surface area contributed by atoms with Gasteiger partial charge in [-0.15, -0.1) is 0 Å². The summed E-state index contributed by atoms with van der Waals surface area (Å²) in [6.07, 6.45) is 3.43. The van der Waals surface area contributed by atoms with Crippen molar-refractivity contribution in [3.8, 4) is 5.75 Å². The topological polar surface area (TPSA) is 59.0 Å². The summed E-state index contributed by atoms with van der Waals surface area (Å²) in [4.78, 5) is 2.37. The van der Waals surface area contributed by atoms with Gasteiger partial charge in [-0.2, -0.15) is 0 Å². The molecule has 1 unspecified atom stereocenters. The quantitative estimate of drug-likeness (QED) is 0.715. The van der Waals surface area contributed by atoms with Crippen LogP contribution in [0.2, 0.25) is 0 Å². The minimum atomic E-state index is -3.10. The first-order chi connectivity index (χ1) is 11.3. The van der Waals surface area contributed by atoms with Gasteiger partial charge in [0.15, 0.2) is 0 Å². The highest BCUT2D eigenvalue weighted by Crippen LogP contribution is 2.54. The molecule has 0 aromatic heterocycles. The number of unbranched alkanes of at least 4 members (excludes halogenated alkanes) is 1. The molecule has 0 saturated heterocycles. The van der Waals surface area contributed by atoms with E-state index in [1.807, 2.05) is 12.1 Å². The van der Waals surface area contributed by atoms with E-state index in [9.17, 15) is 9.67 Å². The molecule has 24 heavy (non-hydrogen) atoms. The molecule has 6 heteroatoms. The van der Waals surface area contributed by atoms with Crippen LogP contribution in [0.5, 0.6) is 5.75 Å². The molecule has 0 saturated carbocycles. The Bertz CT molecular complexity index is 609. The van der Waals surface area contributed by atoms with Gasteiger partial charge < -0.3 is 19.1 Å². The first kappa shape index (κ1) is 19.3. The number of anilines is 1. The lowest BCUT2D eigenvalue weighted by Gasteiger charge is -2.48. The third-order valence-electron chi connectivity index (χ3n) is 4.96. The van der Waals surface area contributed by atoms with Crippen molar-refractivity contribution in [1.29, 1.82) is 0 Å². The van der Waals surface area contributed by atoms with Crippen LogP contribution in [-0.2, 0) is 13.6 Å². The summed E-state index contributed by atoms with van der Waals surface area (Å²) >= 11 is 0. The zero-order valence-corrected chi connectivity index (χ0v) is 16.3. The molecule has 1 aliphatic rings. The summed E-state index contributed by atoms with van der Waals surface area (Å²) in [5.74, 6) is 0.326. The molecule has 0 bridgehead atoms. The van der Waals surface area contributed by atoms with E-state index < -0.39 is 7.60 Å². The first-order valence-corrected chi connectivity index (χ1v) is 10.3. The zero-order valence-electron chi connectivity index (χ0n) is 15.4. The molecule has 1 aromatic carbocycles. The lowest BCUT2D eigenvalue weighted by atomic mass is 9.79. The average Bonchev–Trinajstić information content (AvgIpc) is 2.53. The fourth-order valence-electron chi connectivity index (χ4n) is 3.66. The van der Waals surface area contributed by atoms with Crippen LogP contribution in [-0.4, -0.2) is 37.6 Å². The summed E-state index contributed by atoms with van der Waals surface area (Å²) in [7, 11) is -0.227. The van der Waals surface area contributed by atoms with Crippen LogP contribution in [0.1, 0.15) is 51.5 Å². The Balaban J connectivity index is 2.44. The van der Waals surface area contributed by atoms with Gasteiger partial charge in [-0.05, 0) is 44.2 Å². The second kappa shape index (κ2) is 7.47. The Kier molecular flexibility index (Phi) is 6.00. The summed E-state index contributed by atoms with van der Waals surface area (Å²) in [6.45, 7) is 7.52. The van der Waals surface area contributed by atoms with Crippen LogP contribution in [0, 0.1) is 0 Å². The molecule has 0 spiro atoms. The Morgan fingerprint density at radius 3 is 2.58 bits per heavy atom. The maximum Gasteiger partial charge on any atom is 0.330 e. The van der Waals surface area contributed by atoms with E-state index in [0.29, 0.717) is 6.16 Å². The average molecular weight is 355 g/mol. The van der Waals surface area contributed by atoms with Crippen LogP contribution in [0.25, 0.3) is 0 Å². The van der Waals surface area contributed by atoms with Crippen molar-refractivity contribution in [3.63, 3.8) is 0 Å². The lowest BCUT2D eigenvalue weighted by molar-refractivity contribution is 0.268. The van der Waals surface area contributed by atoms with Gasteiger partial charge in [-0.25, -0.2) is 0 Å². The Labute approximate surface area is 145 Å². The summed E-state index contributed by atoms with van der Waals surface area (Å²) < 4.78 is 23.0. The minimum Gasteiger partial charge on any atom is -0.508 e. The second-order valence-corrected chi connectivity index (χ2v) is 9.44. The number of hydrogen-bond acceptors (Lipinski definition) is 5. The highest BCUT2D eigenvalue weighted by atomic mass is 31.2. The number of fused-ring (bicyclic) bond motifs is 1. The molecule has 0 fully saturated rings. The van der Waals surface area contributed by atoms with E-state index in [1.54, 1.807) is 6.07 Å². The number of phenols is 1. The maximum atomic E-state index is 12.7. The SMILES string of the molecule is CCCCN1c2cc(O)ccc2C(CP(=O)(OC)OC)CC1(C)C. The fourth-order valence-corrected chi connectivity index (χ4v) is 4.97. The summed E-state index contributed by atoms with van der Waals surface area (Å²) in [5, 5.41) is 9.98. The zero-order chi connectivity index (χ0) is 18.0. The number of phenolic OH excluding ortho intramolecular Hbond substituents is 1. The first-order valence-electron chi connectivity index (χ1n) is 8.57. The Hall–Kier alpha value is -1.03. The van der Waals surface area contributed by atoms with Gasteiger partial charge in [0.05, 0.1) is 6.16 Å². The van der Waals surface area contributed by atoms with Crippen LogP contribution < -0.4 is 4.90 Å². The summed E-state index contributed by atoms with van der Waals surface area (Å²) in [6, 6.07) is 5.47. The van der Waals surface area contributed by atoms with Crippen molar-refractivity contribution in [2.45, 2.75) is 51.5 Å². The van der Waals surface area contributed by atoms with Gasteiger partial charge in [-0.1, -0.05) is 19.4 Å². The van der Waals surface area contributed by atoms with Crippen molar-refractivity contribution in [1.82, 2.24) is 0 Å². The highest BCUT2D eigenvalue weighted by Gasteiger charge is 2.41. The van der Waals surface area contributed by atoms with E-state index in [-0.39, 0.29) is 17.2 Å². The number of aromatic hydroxyl groups is 1. The molecular weight excluding hydrogens is 325 g/mol. The lowest BCUT2D eigenvalue weighted by Crippen LogP contribution is -2.49. The molecule has 2 rings (SSSR count). The van der Waals surface area contributed by atoms with E-state index in [4.69, 9.17) is 9.05 Å². The van der Waals surface area contributed by atoms with E-state index in [2.05, 4.69) is 25.7 Å². The molecule has 1 N–H and O–H groups in total.